The van der Waals surface area contributed by atoms with E-state index in [-0.39, 0.29) is 17.5 Å². The van der Waals surface area contributed by atoms with Crippen LogP contribution in [0.4, 0.5) is 20.2 Å². The molecular formula is C28H32F2N6O. The monoisotopic (exact) mass is 506 g/mol. The van der Waals surface area contributed by atoms with Crippen molar-refractivity contribution in [3.8, 4) is 17.0 Å². The molecule has 3 aromatic rings. The van der Waals surface area contributed by atoms with E-state index in [4.69, 9.17) is 4.74 Å². The van der Waals surface area contributed by atoms with Crippen molar-refractivity contribution in [3.63, 3.8) is 0 Å². The fourth-order valence-electron chi connectivity index (χ4n) is 5.76. The number of pyridine rings is 1. The quantitative estimate of drug-likeness (QED) is 0.556. The molecule has 0 unspecified atom stereocenters. The molecule has 2 aromatic heterocycles. The molecule has 194 valence electrons. The molecule has 0 saturated carbocycles. The van der Waals surface area contributed by atoms with Crippen LogP contribution in [0.15, 0.2) is 36.7 Å². The van der Waals surface area contributed by atoms with Gasteiger partial charge in [0.2, 0.25) is 0 Å². The van der Waals surface area contributed by atoms with Crippen molar-refractivity contribution in [1.82, 2.24) is 20.3 Å². The Labute approximate surface area is 215 Å². The maximum Gasteiger partial charge on any atom is 0.178 e. The van der Waals surface area contributed by atoms with E-state index in [0.717, 1.165) is 43.8 Å². The third-order valence-electron chi connectivity index (χ3n) is 7.83. The zero-order valence-electron chi connectivity index (χ0n) is 21.3. The molecule has 6 rings (SSSR count). The third-order valence-corrected chi connectivity index (χ3v) is 7.83. The number of benzene rings is 1. The first-order valence-electron chi connectivity index (χ1n) is 13.1. The van der Waals surface area contributed by atoms with Crippen LogP contribution in [0, 0.1) is 17.0 Å². The lowest BCUT2D eigenvalue weighted by Crippen LogP contribution is -2.60. The highest BCUT2D eigenvalue weighted by Crippen LogP contribution is 2.41. The van der Waals surface area contributed by atoms with Gasteiger partial charge in [0.05, 0.1) is 36.7 Å². The molecule has 0 aliphatic carbocycles. The minimum Gasteiger partial charge on any atom is -0.486 e. The predicted octanol–water partition coefficient (Wildman–Crippen LogP) is 4.20. The van der Waals surface area contributed by atoms with Gasteiger partial charge in [0, 0.05) is 35.8 Å². The highest BCUT2D eigenvalue weighted by molar-refractivity contribution is 5.72. The summed E-state index contributed by atoms with van der Waals surface area (Å²) in [4.78, 5) is 17.7. The van der Waals surface area contributed by atoms with Crippen molar-refractivity contribution >= 4 is 11.4 Å². The van der Waals surface area contributed by atoms with Crippen LogP contribution in [0.2, 0.25) is 0 Å². The molecule has 3 aliphatic heterocycles. The lowest BCUT2D eigenvalue weighted by Gasteiger charge is -2.53. The fourth-order valence-corrected chi connectivity index (χ4v) is 5.76. The molecule has 1 spiro atoms. The number of nitrogens with zero attached hydrogens (tertiary/aromatic N) is 5. The highest BCUT2D eigenvalue weighted by atomic mass is 19.1. The second kappa shape index (κ2) is 9.52. The molecule has 1 N–H and O–H groups in total. The van der Waals surface area contributed by atoms with Crippen molar-refractivity contribution < 1.29 is 13.5 Å². The normalized spacial score (nSPS) is 18.5. The van der Waals surface area contributed by atoms with Gasteiger partial charge in [-0.1, -0.05) is 0 Å². The summed E-state index contributed by atoms with van der Waals surface area (Å²) in [5, 5.41) is 3.44. The minimum atomic E-state index is -0.594. The Morgan fingerprint density at radius 3 is 2.59 bits per heavy atom. The SMILES string of the molecule is CC(C)N1CCOc2c(F)cc(-c3nc(Cc4ccc(N5CC6(CCNCC6)C5)cn4)ncc3F)cc21. The number of aromatic nitrogens is 3. The van der Waals surface area contributed by atoms with E-state index in [1.54, 1.807) is 6.07 Å². The van der Waals surface area contributed by atoms with Crippen molar-refractivity contribution in [3.05, 3.63) is 59.8 Å². The Morgan fingerprint density at radius 2 is 1.86 bits per heavy atom. The Hall–Kier alpha value is -3.33. The van der Waals surface area contributed by atoms with E-state index in [2.05, 4.69) is 36.1 Å². The first-order valence-corrected chi connectivity index (χ1v) is 13.1. The number of fused-ring (bicyclic) bond motifs is 1. The smallest absolute Gasteiger partial charge is 0.178 e. The van der Waals surface area contributed by atoms with Crippen LogP contribution in [0.25, 0.3) is 11.3 Å². The number of halogens is 2. The van der Waals surface area contributed by atoms with Crippen LogP contribution >= 0.6 is 0 Å². The first-order chi connectivity index (χ1) is 17.9. The van der Waals surface area contributed by atoms with Crippen molar-refractivity contribution in [2.45, 2.75) is 39.2 Å². The summed E-state index contributed by atoms with van der Waals surface area (Å²) >= 11 is 0. The Kier molecular flexibility index (Phi) is 6.18. The van der Waals surface area contributed by atoms with Gasteiger partial charge in [0.1, 0.15) is 18.1 Å². The second-order valence-corrected chi connectivity index (χ2v) is 10.7. The maximum absolute atomic E-state index is 15.0. The topological polar surface area (TPSA) is 66.4 Å². The van der Waals surface area contributed by atoms with Crippen LogP contribution < -0.4 is 19.9 Å². The van der Waals surface area contributed by atoms with Gasteiger partial charge in [0.15, 0.2) is 17.4 Å². The number of rotatable bonds is 5. The second-order valence-electron chi connectivity index (χ2n) is 10.7. The number of ether oxygens (including phenoxy) is 1. The van der Waals surface area contributed by atoms with Crippen molar-refractivity contribution in [2.75, 3.05) is 49.1 Å². The summed E-state index contributed by atoms with van der Waals surface area (Å²) in [5.74, 6) is -0.476. The highest BCUT2D eigenvalue weighted by Gasteiger charge is 2.43. The maximum atomic E-state index is 15.0. The van der Waals surface area contributed by atoms with Gasteiger partial charge >= 0.3 is 0 Å². The summed E-state index contributed by atoms with van der Waals surface area (Å²) in [6.07, 6.45) is 5.87. The fraction of sp³-hybridized carbons (Fsp3) is 0.464. The van der Waals surface area contributed by atoms with Crippen LogP contribution in [-0.4, -0.2) is 60.3 Å². The molecule has 2 fully saturated rings. The van der Waals surface area contributed by atoms with Crippen LogP contribution in [0.5, 0.6) is 5.75 Å². The van der Waals surface area contributed by atoms with E-state index in [0.29, 0.717) is 42.1 Å². The van der Waals surface area contributed by atoms with E-state index >= 15 is 0 Å². The summed E-state index contributed by atoms with van der Waals surface area (Å²) < 4.78 is 35.4. The lowest BCUT2D eigenvalue weighted by atomic mass is 9.72. The zero-order chi connectivity index (χ0) is 25.6. The largest absolute Gasteiger partial charge is 0.486 e. The molecule has 5 heterocycles. The Balaban J connectivity index is 1.20. The molecule has 0 radical (unpaired) electrons. The Morgan fingerprint density at radius 1 is 1.05 bits per heavy atom. The summed E-state index contributed by atoms with van der Waals surface area (Å²) in [6.45, 7) is 9.49. The number of anilines is 2. The van der Waals surface area contributed by atoms with Gasteiger partial charge in [0.25, 0.3) is 0 Å². The number of hydrogen-bond acceptors (Lipinski definition) is 7. The molecule has 3 aliphatic rings. The molecule has 7 nitrogen and oxygen atoms in total. The van der Waals surface area contributed by atoms with Crippen molar-refractivity contribution in [1.29, 1.82) is 0 Å². The van der Waals surface area contributed by atoms with E-state index in [1.165, 1.54) is 18.9 Å². The molecule has 1 aromatic carbocycles. The van der Waals surface area contributed by atoms with Gasteiger partial charge in [-0.15, -0.1) is 0 Å². The van der Waals surface area contributed by atoms with Gasteiger partial charge < -0.3 is 19.9 Å². The van der Waals surface area contributed by atoms with Crippen molar-refractivity contribution in [2.24, 2.45) is 5.41 Å². The number of hydrogen-bond donors (Lipinski definition) is 1. The number of nitrogens with one attached hydrogen (secondary N) is 1. The van der Waals surface area contributed by atoms with E-state index in [1.807, 2.05) is 26.1 Å². The van der Waals surface area contributed by atoms with Crippen LogP contribution in [-0.2, 0) is 6.42 Å². The molecule has 9 heteroatoms. The van der Waals surface area contributed by atoms with Gasteiger partial charge in [-0.3, -0.25) is 4.98 Å². The number of piperidine rings is 1. The summed E-state index contributed by atoms with van der Waals surface area (Å²) in [5.41, 5.74) is 3.43. The molecule has 2 saturated heterocycles. The van der Waals surface area contributed by atoms with Crippen LogP contribution in [0.3, 0.4) is 0 Å². The average molecular weight is 507 g/mol. The zero-order valence-corrected chi connectivity index (χ0v) is 21.3. The standard InChI is InChI=1S/C28H32F2N6O/c1-18(2)36-9-10-37-27-22(29)11-19(12-24(27)36)26-23(30)15-33-25(34-26)13-20-3-4-21(14-32-20)35-16-28(17-35)5-7-31-8-6-28/h3-4,11-12,14-15,18,31H,5-10,13,16-17H2,1-2H3. The minimum absolute atomic E-state index is 0.0745. The molecular weight excluding hydrogens is 474 g/mol. The molecule has 0 atom stereocenters. The average Bonchev–Trinajstić information content (AvgIpc) is 2.89. The first kappa shape index (κ1) is 24.0. The lowest BCUT2D eigenvalue weighted by molar-refractivity contribution is 0.150. The molecule has 0 bridgehead atoms. The summed E-state index contributed by atoms with van der Waals surface area (Å²) in [6, 6.07) is 7.25. The van der Waals surface area contributed by atoms with Gasteiger partial charge in [-0.2, -0.15) is 0 Å². The van der Waals surface area contributed by atoms with E-state index < -0.39 is 11.6 Å². The third kappa shape index (κ3) is 4.61. The van der Waals surface area contributed by atoms with Gasteiger partial charge in [-0.25, -0.2) is 18.7 Å². The van der Waals surface area contributed by atoms with Gasteiger partial charge in [-0.05, 0) is 64.0 Å². The molecule has 0 amide bonds. The summed E-state index contributed by atoms with van der Waals surface area (Å²) in [7, 11) is 0. The Bertz CT molecular complexity index is 1280. The molecule has 37 heavy (non-hydrogen) atoms. The van der Waals surface area contributed by atoms with Crippen LogP contribution in [0.1, 0.15) is 38.2 Å². The predicted molar refractivity (Wildman–Crippen MR) is 139 cm³/mol. The van der Waals surface area contributed by atoms with E-state index in [9.17, 15) is 8.78 Å².